The standard InChI is InChI=1S/C11H20N4O/c1-9(10-3-5-15(2)6-4-10)12-7-11-13-8-16-14-11/h8-10,12H,3-7H2,1-2H3. The third-order valence-electron chi connectivity index (χ3n) is 3.46. The summed E-state index contributed by atoms with van der Waals surface area (Å²) >= 11 is 0. The third-order valence-corrected chi connectivity index (χ3v) is 3.46. The second-order valence-electron chi connectivity index (χ2n) is 4.66. The molecule has 2 rings (SSSR count). The van der Waals surface area contributed by atoms with Crippen molar-refractivity contribution < 1.29 is 4.52 Å². The van der Waals surface area contributed by atoms with E-state index in [1.54, 1.807) is 0 Å². The summed E-state index contributed by atoms with van der Waals surface area (Å²) in [5, 5.41) is 7.25. The molecule has 0 radical (unpaired) electrons. The van der Waals surface area contributed by atoms with Gasteiger partial charge < -0.3 is 14.7 Å². The van der Waals surface area contributed by atoms with Gasteiger partial charge >= 0.3 is 0 Å². The number of rotatable bonds is 4. The van der Waals surface area contributed by atoms with Gasteiger partial charge in [0.1, 0.15) is 0 Å². The summed E-state index contributed by atoms with van der Waals surface area (Å²) in [5.41, 5.74) is 0. The average Bonchev–Trinajstić information content (AvgIpc) is 2.80. The highest BCUT2D eigenvalue weighted by Gasteiger charge is 2.21. The minimum atomic E-state index is 0.521. The van der Waals surface area contributed by atoms with Gasteiger partial charge in [-0.15, -0.1) is 0 Å². The monoisotopic (exact) mass is 224 g/mol. The van der Waals surface area contributed by atoms with Crippen LogP contribution in [-0.2, 0) is 6.54 Å². The maximum absolute atomic E-state index is 4.70. The third kappa shape index (κ3) is 3.02. The van der Waals surface area contributed by atoms with Crippen LogP contribution in [0.2, 0.25) is 0 Å². The van der Waals surface area contributed by atoms with E-state index in [4.69, 9.17) is 4.52 Å². The van der Waals surface area contributed by atoms with Gasteiger partial charge in [-0.1, -0.05) is 5.16 Å². The molecule has 1 aromatic rings. The fourth-order valence-electron chi connectivity index (χ4n) is 2.22. The molecule has 0 amide bonds. The lowest BCUT2D eigenvalue weighted by atomic mass is 9.90. The first-order valence-corrected chi connectivity index (χ1v) is 5.93. The number of nitrogens with one attached hydrogen (secondary N) is 1. The van der Waals surface area contributed by atoms with Gasteiger partial charge in [-0.3, -0.25) is 0 Å². The van der Waals surface area contributed by atoms with Crippen molar-refractivity contribution in [3.63, 3.8) is 0 Å². The SMILES string of the molecule is CC(NCc1ncon1)C1CCN(C)CC1. The number of aromatic nitrogens is 2. The highest BCUT2D eigenvalue weighted by Crippen LogP contribution is 2.19. The molecule has 90 valence electrons. The molecule has 5 heteroatoms. The molecule has 1 aliphatic rings. The fraction of sp³-hybridized carbons (Fsp3) is 0.818. The van der Waals surface area contributed by atoms with Crippen LogP contribution in [0, 0.1) is 5.92 Å². The van der Waals surface area contributed by atoms with E-state index < -0.39 is 0 Å². The predicted molar refractivity (Wildman–Crippen MR) is 60.8 cm³/mol. The van der Waals surface area contributed by atoms with E-state index in [0.717, 1.165) is 11.7 Å². The van der Waals surface area contributed by atoms with Crippen LogP contribution < -0.4 is 5.32 Å². The fourth-order valence-corrected chi connectivity index (χ4v) is 2.22. The summed E-state index contributed by atoms with van der Waals surface area (Å²) in [7, 11) is 2.19. The Hall–Kier alpha value is -0.940. The largest absolute Gasteiger partial charge is 0.343 e. The molecule has 0 saturated carbocycles. The lowest BCUT2D eigenvalue weighted by Gasteiger charge is -2.32. The molecule has 1 N–H and O–H groups in total. The quantitative estimate of drug-likeness (QED) is 0.823. The van der Waals surface area contributed by atoms with Crippen molar-refractivity contribution in [3.8, 4) is 0 Å². The molecule has 1 aliphatic heterocycles. The number of likely N-dealkylation sites (tertiary alicyclic amines) is 1. The maximum atomic E-state index is 4.70. The summed E-state index contributed by atoms with van der Waals surface area (Å²) in [6.45, 7) is 5.36. The van der Waals surface area contributed by atoms with Crippen molar-refractivity contribution in [2.24, 2.45) is 5.92 Å². The van der Waals surface area contributed by atoms with Crippen LogP contribution in [0.15, 0.2) is 10.9 Å². The zero-order valence-corrected chi connectivity index (χ0v) is 10.0. The minimum absolute atomic E-state index is 0.521. The highest BCUT2D eigenvalue weighted by atomic mass is 16.5. The van der Waals surface area contributed by atoms with E-state index >= 15 is 0 Å². The van der Waals surface area contributed by atoms with E-state index in [0.29, 0.717) is 12.6 Å². The molecular formula is C11H20N4O. The molecule has 1 atom stereocenters. The summed E-state index contributed by atoms with van der Waals surface area (Å²) in [5.74, 6) is 1.50. The summed E-state index contributed by atoms with van der Waals surface area (Å²) < 4.78 is 4.70. The van der Waals surface area contributed by atoms with E-state index in [2.05, 4.69) is 34.3 Å². The van der Waals surface area contributed by atoms with Gasteiger partial charge in [0.15, 0.2) is 5.82 Å². The Morgan fingerprint density at radius 1 is 1.56 bits per heavy atom. The van der Waals surface area contributed by atoms with Crippen molar-refractivity contribution in [1.29, 1.82) is 0 Å². The lowest BCUT2D eigenvalue weighted by molar-refractivity contribution is 0.189. The Morgan fingerprint density at radius 2 is 2.31 bits per heavy atom. The van der Waals surface area contributed by atoms with Gasteiger partial charge in [-0.2, -0.15) is 4.98 Å². The Bertz CT molecular complexity index is 293. The number of piperidine rings is 1. The zero-order chi connectivity index (χ0) is 11.4. The molecule has 16 heavy (non-hydrogen) atoms. The van der Waals surface area contributed by atoms with Crippen molar-refractivity contribution in [1.82, 2.24) is 20.4 Å². The smallest absolute Gasteiger partial charge is 0.213 e. The second-order valence-corrected chi connectivity index (χ2v) is 4.66. The molecule has 1 unspecified atom stereocenters. The molecule has 0 bridgehead atoms. The molecule has 2 heterocycles. The van der Waals surface area contributed by atoms with Crippen LogP contribution in [0.4, 0.5) is 0 Å². The Kier molecular flexibility index (Phi) is 3.90. The average molecular weight is 224 g/mol. The van der Waals surface area contributed by atoms with Crippen LogP contribution in [0.25, 0.3) is 0 Å². The maximum Gasteiger partial charge on any atom is 0.213 e. The van der Waals surface area contributed by atoms with Crippen molar-refractivity contribution in [3.05, 3.63) is 12.2 Å². The van der Waals surface area contributed by atoms with E-state index in [1.807, 2.05) is 0 Å². The van der Waals surface area contributed by atoms with Gasteiger partial charge in [-0.25, -0.2) is 0 Å². The lowest BCUT2D eigenvalue weighted by Crippen LogP contribution is -2.40. The normalized spacial score (nSPS) is 21.1. The summed E-state index contributed by atoms with van der Waals surface area (Å²) in [6, 6.07) is 0.521. The topological polar surface area (TPSA) is 54.2 Å². The van der Waals surface area contributed by atoms with E-state index in [9.17, 15) is 0 Å². The highest BCUT2D eigenvalue weighted by molar-refractivity contribution is 4.82. The van der Waals surface area contributed by atoms with Crippen molar-refractivity contribution >= 4 is 0 Å². The zero-order valence-electron chi connectivity index (χ0n) is 10.0. The summed E-state index contributed by atoms with van der Waals surface area (Å²) in [4.78, 5) is 6.39. The van der Waals surface area contributed by atoms with Gasteiger partial charge in [-0.05, 0) is 45.8 Å². The molecular weight excluding hydrogens is 204 g/mol. The Balaban J connectivity index is 1.73. The first-order chi connectivity index (χ1) is 7.75. The second kappa shape index (κ2) is 5.41. The van der Waals surface area contributed by atoms with Gasteiger partial charge in [0.25, 0.3) is 0 Å². The van der Waals surface area contributed by atoms with Crippen LogP contribution in [-0.4, -0.2) is 41.2 Å². The van der Waals surface area contributed by atoms with Crippen LogP contribution in [0.3, 0.4) is 0 Å². The molecule has 1 saturated heterocycles. The Morgan fingerprint density at radius 3 is 2.94 bits per heavy atom. The first-order valence-electron chi connectivity index (χ1n) is 5.93. The van der Waals surface area contributed by atoms with Gasteiger partial charge in [0.2, 0.25) is 6.39 Å². The molecule has 0 aromatic carbocycles. The van der Waals surface area contributed by atoms with Crippen molar-refractivity contribution in [2.45, 2.75) is 32.4 Å². The molecule has 1 fully saturated rings. The van der Waals surface area contributed by atoms with Crippen molar-refractivity contribution in [2.75, 3.05) is 20.1 Å². The van der Waals surface area contributed by atoms with Crippen LogP contribution >= 0.6 is 0 Å². The Labute approximate surface area is 96.2 Å². The number of nitrogens with zero attached hydrogens (tertiary/aromatic N) is 3. The van der Waals surface area contributed by atoms with Crippen LogP contribution in [0.1, 0.15) is 25.6 Å². The van der Waals surface area contributed by atoms with E-state index in [1.165, 1.54) is 32.3 Å². The summed E-state index contributed by atoms with van der Waals surface area (Å²) in [6.07, 6.45) is 3.92. The van der Waals surface area contributed by atoms with Gasteiger partial charge in [0, 0.05) is 6.04 Å². The number of hydrogen-bond donors (Lipinski definition) is 1. The molecule has 5 nitrogen and oxygen atoms in total. The van der Waals surface area contributed by atoms with Gasteiger partial charge in [0.05, 0.1) is 6.54 Å². The predicted octanol–water partition coefficient (Wildman–Crippen LogP) is 0.890. The van der Waals surface area contributed by atoms with Crippen LogP contribution in [0.5, 0.6) is 0 Å². The molecule has 1 aromatic heterocycles. The molecule has 0 spiro atoms. The number of hydrogen-bond acceptors (Lipinski definition) is 5. The molecule has 0 aliphatic carbocycles. The first kappa shape index (κ1) is 11.5. The van der Waals surface area contributed by atoms with E-state index in [-0.39, 0.29) is 0 Å². The minimum Gasteiger partial charge on any atom is -0.343 e.